The molecule has 0 aliphatic heterocycles. The number of sulfonamides is 1. The Hall–Kier alpha value is -1.69. The average Bonchev–Trinajstić information content (AvgIpc) is 2.72. The van der Waals surface area contributed by atoms with Crippen molar-refractivity contribution in [1.82, 2.24) is 15.4 Å². The van der Waals surface area contributed by atoms with E-state index in [0.29, 0.717) is 32.0 Å². The topological polar surface area (TPSA) is 103 Å². The highest BCUT2D eigenvalue weighted by Gasteiger charge is 2.09. The lowest BCUT2D eigenvalue weighted by atomic mass is 10.1. The number of hydrogen-bond acceptors (Lipinski definition) is 4. The second kappa shape index (κ2) is 13.6. The molecule has 2 aromatic carbocycles. The summed E-state index contributed by atoms with van der Waals surface area (Å²) < 4.78 is 25.8. The van der Waals surface area contributed by atoms with Crippen molar-refractivity contribution in [2.75, 3.05) is 20.1 Å². The Kier molecular flexibility index (Phi) is 11.9. The van der Waals surface area contributed by atoms with Gasteiger partial charge in [-0.3, -0.25) is 0 Å². The Morgan fingerprint density at radius 1 is 1.07 bits per heavy atom. The van der Waals surface area contributed by atoms with E-state index in [0.717, 1.165) is 16.7 Å². The van der Waals surface area contributed by atoms with Gasteiger partial charge in [0.05, 0.1) is 18.4 Å². The van der Waals surface area contributed by atoms with Crippen LogP contribution in [0.4, 0.5) is 0 Å². The molecule has 4 N–H and O–H groups in total. The van der Waals surface area contributed by atoms with E-state index < -0.39 is 16.1 Å². The SMILES string of the molecule is CCNC(=NCc1cccc(CS(=O)(=O)NC)c1)NCCC(O)c1ccccc1.I. The predicted molar refractivity (Wildman–Crippen MR) is 132 cm³/mol. The molecule has 0 saturated heterocycles. The van der Waals surface area contributed by atoms with Crippen LogP contribution in [0.15, 0.2) is 59.6 Å². The first-order valence-electron chi connectivity index (χ1n) is 9.67. The quantitative estimate of drug-likeness (QED) is 0.209. The Bertz CT molecular complexity index is 892. The number of aliphatic hydroxyl groups excluding tert-OH is 1. The lowest BCUT2D eigenvalue weighted by Gasteiger charge is -2.14. The van der Waals surface area contributed by atoms with Gasteiger partial charge in [0.2, 0.25) is 10.0 Å². The van der Waals surface area contributed by atoms with Gasteiger partial charge in [0.25, 0.3) is 0 Å². The summed E-state index contributed by atoms with van der Waals surface area (Å²) >= 11 is 0. The molecule has 166 valence electrons. The summed E-state index contributed by atoms with van der Waals surface area (Å²) in [5.41, 5.74) is 2.54. The van der Waals surface area contributed by atoms with Crippen LogP contribution < -0.4 is 15.4 Å². The second-order valence-corrected chi connectivity index (χ2v) is 8.55. The van der Waals surface area contributed by atoms with E-state index in [9.17, 15) is 13.5 Å². The fourth-order valence-corrected chi connectivity index (χ4v) is 3.55. The molecule has 7 nitrogen and oxygen atoms in total. The van der Waals surface area contributed by atoms with E-state index in [1.165, 1.54) is 7.05 Å². The number of halogens is 1. The molecular formula is C21H31IN4O3S. The van der Waals surface area contributed by atoms with Gasteiger partial charge < -0.3 is 15.7 Å². The van der Waals surface area contributed by atoms with Gasteiger partial charge >= 0.3 is 0 Å². The number of hydrogen-bond donors (Lipinski definition) is 4. The first-order valence-corrected chi connectivity index (χ1v) is 11.3. The fourth-order valence-electron chi connectivity index (χ4n) is 2.79. The zero-order valence-corrected chi connectivity index (χ0v) is 20.5. The summed E-state index contributed by atoms with van der Waals surface area (Å²) in [5, 5.41) is 16.7. The number of nitrogens with zero attached hydrogens (tertiary/aromatic N) is 1. The lowest BCUT2D eigenvalue weighted by Crippen LogP contribution is -2.38. The summed E-state index contributed by atoms with van der Waals surface area (Å²) in [6.45, 7) is 3.69. The van der Waals surface area contributed by atoms with E-state index in [-0.39, 0.29) is 29.7 Å². The number of benzene rings is 2. The monoisotopic (exact) mass is 546 g/mol. The molecular weight excluding hydrogens is 515 g/mol. The van der Waals surface area contributed by atoms with Crippen LogP contribution in [-0.4, -0.2) is 39.6 Å². The van der Waals surface area contributed by atoms with Crippen LogP contribution >= 0.6 is 24.0 Å². The van der Waals surface area contributed by atoms with Crippen molar-refractivity contribution in [2.24, 2.45) is 4.99 Å². The maximum absolute atomic E-state index is 11.7. The minimum Gasteiger partial charge on any atom is -0.388 e. The van der Waals surface area contributed by atoms with Gasteiger partial charge in [0.15, 0.2) is 5.96 Å². The fraction of sp³-hybridized carbons (Fsp3) is 0.381. The van der Waals surface area contributed by atoms with Crippen molar-refractivity contribution >= 4 is 40.0 Å². The maximum atomic E-state index is 11.7. The molecule has 2 rings (SSSR count). The van der Waals surface area contributed by atoms with Crippen LogP contribution in [0, 0.1) is 0 Å². The van der Waals surface area contributed by atoms with Crippen molar-refractivity contribution in [3.05, 3.63) is 71.3 Å². The molecule has 0 spiro atoms. The Balaban J connectivity index is 0.00000450. The number of aliphatic imine (C=N–C) groups is 1. The van der Waals surface area contributed by atoms with Gasteiger partial charge in [-0.25, -0.2) is 18.1 Å². The van der Waals surface area contributed by atoms with Crippen LogP contribution in [0.5, 0.6) is 0 Å². The molecule has 0 amide bonds. The molecule has 1 unspecified atom stereocenters. The molecule has 0 aliphatic rings. The van der Waals surface area contributed by atoms with Crippen molar-refractivity contribution < 1.29 is 13.5 Å². The Morgan fingerprint density at radius 2 is 1.77 bits per heavy atom. The molecule has 1 atom stereocenters. The number of nitrogens with one attached hydrogen (secondary N) is 3. The first-order chi connectivity index (χ1) is 13.9. The molecule has 0 aliphatic carbocycles. The highest BCUT2D eigenvalue weighted by atomic mass is 127. The largest absolute Gasteiger partial charge is 0.388 e. The third-order valence-corrected chi connectivity index (χ3v) is 5.65. The lowest BCUT2D eigenvalue weighted by molar-refractivity contribution is 0.168. The number of rotatable bonds is 10. The number of aliphatic hydroxyl groups is 1. The van der Waals surface area contributed by atoms with E-state index in [4.69, 9.17) is 0 Å². The van der Waals surface area contributed by atoms with Crippen molar-refractivity contribution in [1.29, 1.82) is 0 Å². The minimum absolute atomic E-state index is 0. The highest BCUT2D eigenvalue weighted by molar-refractivity contribution is 14.0. The van der Waals surface area contributed by atoms with Crippen molar-refractivity contribution in [2.45, 2.75) is 31.7 Å². The van der Waals surface area contributed by atoms with E-state index in [1.807, 2.05) is 55.5 Å². The van der Waals surface area contributed by atoms with Gasteiger partial charge in [-0.2, -0.15) is 0 Å². The van der Waals surface area contributed by atoms with Crippen molar-refractivity contribution in [3.8, 4) is 0 Å². The van der Waals surface area contributed by atoms with Gasteiger partial charge in [-0.05, 0) is 37.1 Å². The maximum Gasteiger partial charge on any atom is 0.215 e. The molecule has 0 radical (unpaired) electrons. The summed E-state index contributed by atoms with van der Waals surface area (Å²) in [7, 11) is -1.90. The average molecular weight is 546 g/mol. The molecule has 0 aromatic heterocycles. The molecule has 0 heterocycles. The second-order valence-electron chi connectivity index (χ2n) is 6.62. The van der Waals surface area contributed by atoms with Crippen LogP contribution in [0.2, 0.25) is 0 Å². The molecule has 0 bridgehead atoms. The summed E-state index contributed by atoms with van der Waals surface area (Å²) in [4.78, 5) is 4.56. The van der Waals surface area contributed by atoms with E-state index in [1.54, 1.807) is 6.07 Å². The molecule has 0 fully saturated rings. The standard InChI is InChI=1S/C21H30N4O3S.HI/c1-3-23-21(24-13-12-20(26)19-10-5-4-6-11-19)25-15-17-8-7-9-18(14-17)16-29(27,28)22-2;/h4-11,14,20,22,26H,3,12-13,15-16H2,1-2H3,(H2,23,24,25);1H. The normalized spacial score (nSPS) is 12.7. The minimum atomic E-state index is -3.31. The van der Waals surface area contributed by atoms with Gasteiger partial charge in [-0.15, -0.1) is 24.0 Å². The molecule has 0 saturated carbocycles. The van der Waals surface area contributed by atoms with Crippen molar-refractivity contribution in [3.63, 3.8) is 0 Å². The zero-order valence-electron chi connectivity index (χ0n) is 17.3. The summed E-state index contributed by atoms with van der Waals surface area (Å²) in [6.07, 6.45) is 0.0311. The van der Waals surface area contributed by atoms with Crippen LogP contribution in [0.25, 0.3) is 0 Å². The van der Waals surface area contributed by atoms with Gasteiger partial charge in [0, 0.05) is 13.1 Å². The third kappa shape index (κ3) is 9.41. The van der Waals surface area contributed by atoms with E-state index >= 15 is 0 Å². The molecule has 30 heavy (non-hydrogen) atoms. The molecule has 2 aromatic rings. The van der Waals surface area contributed by atoms with Crippen LogP contribution in [0.1, 0.15) is 36.1 Å². The first kappa shape index (κ1) is 26.3. The third-order valence-electron chi connectivity index (χ3n) is 4.32. The zero-order chi connectivity index (χ0) is 21.1. The number of guanidine groups is 1. The van der Waals surface area contributed by atoms with Gasteiger partial charge in [-0.1, -0.05) is 54.6 Å². The Morgan fingerprint density at radius 3 is 2.43 bits per heavy atom. The predicted octanol–water partition coefficient (Wildman–Crippen LogP) is 2.53. The summed E-state index contributed by atoms with van der Waals surface area (Å²) in [6, 6.07) is 17.0. The van der Waals surface area contributed by atoms with Crippen LogP contribution in [0.3, 0.4) is 0 Å². The van der Waals surface area contributed by atoms with E-state index in [2.05, 4.69) is 20.3 Å². The Labute approximate surface area is 196 Å². The summed E-state index contributed by atoms with van der Waals surface area (Å²) in [5.74, 6) is 0.595. The van der Waals surface area contributed by atoms with Gasteiger partial charge in [0.1, 0.15) is 0 Å². The smallest absolute Gasteiger partial charge is 0.215 e. The highest BCUT2D eigenvalue weighted by Crippen LogP contribution is 2.15. The molecule has 9 heteroatoms. The van der Waals surface area contributed by atoms with Crippen LogP contribution in [-0.2, 0) is 22.3 Å².